The van der Waals surface area contributed by atoms with Gasteiger partial charge < -0.3 is 24.4 Å². The molecule has 10 nitrogen and oxygen atoms in total. The summed E-state index contributed by atoms with van der Waals surface area (Å²) >= 11 is 0. The number of carboxylic acid groups (broad SMARTS) is 1. The van der Waals surface area contributed by atoms with Gasteiger partial charge in [-0.3, -0.25) is 4.79 Å². The first-order valence-electron chi connectivity index (χ1n) is 12.6. The van der Waals surface area contributed by atoms with E-state index in [-0.39, 0.29) is 24.0 Å². The molecule has 0 spiro atoms. The van der Waals surface area contributed by atoms with Crippen LogP contribution in [0.15, 0.2) is 72.8 Å². The minimum Gasteiger partial charge on any atom is -0.497 e. The first-order chi connectivity index (χ1) is 18.9. The molecule has 1 N–H and O–H groups in total. The van der Waals surface area contributed by atoms with Gasteiger partial charge >= 0.3 is 5.97 Å². The number of aromatic carboxylic acids is 1. The van der Waals surface area contributed by atoms with Gasteiger partial charge in [0.2, 0.25) is 11.6 Å². The molecular weight excluding hydrogens is 498 g/mol. The predicted molar refractivity (Wildman–Crippen MR) is 145 cm³/mol. The van der Waals surface area contributed by atoms with Crippen LogP contribution in [0.1, 0.15) is 23.0 Å². The summed E-state index contributed by atoms with van der Waals surface area (Å²) in [7, 11) is 1.60. The van der Waals surface area contributed by atoms with E-state index in [4.69, 9.17) is 9.47 Å². The Morgan fingerprint density at radius 2 is 1.59 bits per heavy atom. The Balaban J connectivity index is 1.32. The molecule has 39 heavy (non-hydrogen) atoms. The summed E-state index contributed by atoms with van der Waals surface area (Å²) in [6.45, 7) is 4.91. The van der Waals surface area contributed by atoms with Gasteiger partial charge in [0.25, 0.3) is 5.88 Å². The molecule has 0 atom stereocenters. The van der Waals surface area contributed by atoms with E-state index in [1.165, 1.54) is 4.68 Å². The van der Waals surface area contributed by atoms with E-state index >= 15 is 0 Å². The SMILES string of the molecule is COc1ccc(Cn2nnc(C(=O)O)c2Oc2ccc(-c3cccc(N4CCN(C(C)=O)CC4)c3)cc2)cc1. The number of nitrogens with zero attached hydrogens (tertiary/aromatic N) is 5. The lowest BCUT2D eigenvalue weighted by molar-refractivity contribution is -0.129. The Labute approximate surface area is 226 Å². The van der Waals surface area contributed by atoms with E-state index in [1.54, 1.807) is 26.2 Å². The number of aromatic nitrogens is 3. The third-order valence-corrected chi connectivity index (χ3v) is 6.72. The van der Waals surface area contributed by atoms with Gasteiger partial charge in [0.15, 0.2) is 0 Å². The first-order valence-corrected chi connectivity index (χ1v) is 12.6. The summed E-state index contributed by atoms with van der Waals surface area (Å²) in [5, 5.41) is 17.4. The lowest BCUT2D eigenvalue weighted by atomic mass is 10.0. The molecule has 1 aromatic heterocycles. The summed E-state index contributed by atoms with van der Waals surface area (Å²) in [4.78, 5) is 27.6. The minimum atomic E-state index is -1.22. The zero-order valence-electron chi connectivity index (χ0n) is 21.8. The number of ether oxygens (including phenoxy) is 2. The summed E-state index contributed by atoms with van der Waals surface area (Å²) in [5.74, 6) is 0.138. The molecule has 2 heterocycles. The Kier molecular flexibility index (Phi) is 7.44. The molecule has 1 saturated heterocycles. The monoisotopic (exact) mass is 527 g/mol. The van der Waals surface area contributed by atoms with E-state index in [0.29, 0.717) is 18.8 Å². The van der Waals surface area contributed by atoms with E-state index in [1.807, 2.05) is 53.4 Å². The molecule has 0 radical (unpaired) electrons. The Bertz CT molecular complexity index is 1460. The van der Waals surface area contributed by atoms with E-state index < -0.39 is 5.97 Å². The van der Waals surface area contributed by atoms with Gasteiger partial charge in [-0.2, -0.15) is 0 Å². The molecule has 5 rings (SSSR count). The second-order valence-corrected chi connectivity index (χ2v) is 9.22. The van der Waals surface area contributed by atoms with Gasteiger partial charge in [-0.1, -0.05) is 41.6 Å². The van der Waals surface area contributed by atoms with E-state index in [2.05, 4.69) is 27.3 Å². The fourth-order valence-electron chi connectivity index (χ4n) is 4.54. The molecule has 1 fully saturated rings. The number of carbonyl (C=O) groups is 2. The number of hydrogen-bond acceptors (Lipinski definition) is 7. The number of methoxy groups -OCH3 is 1. The van der Waals surface area contributed by atoms with Gasteiger partial charge in [0.1, 0.15) is 11.5 Å². The second-order valence-electron chi connectivity index (χ2n) is 9.22. The summed E-state index contributed by atoms with van der Waals surface area (Å²) in [6.07, 6.45) is 0. The molecule has 4 aromatic rings. The number of piperazine rings is 1. The molecule has 0 unspecified atom stereocenters. The maximum absolute atomic E-state index is 11.8. The maximum Gasteiger partial charge on any atom is 0.362 e. The highest BCUT2D eigenvalue weighted by atomic mass is 16.5. The maximum atomic E-state index is 11.8. The quantitative estimate of drug-likeness (QED) is 0.364. The first kappa shape index (κ1) is 25.8. The van der Waals surface area contributed by atoms with Crippen LogP contribution < -0.4 is 14.4 Å². The van der Waals surface area contributed by atoms with Crippen LogP contribution in [0.25, 0.3) is 11.1 Å². The van der Waals surface area contributed by atoms with Crippen molar-refractivity contribution < 1.29 is 24.2 Å². The van der Waals surface area contributed by atoms with Crippen molar-refractivity contribution in [1.29, 1.82) is 0 Å². The van der Waals surface area contributed by atoms with Crippen molar-refractivity contribution in [2.24, 2.45) is 0 Å². The fraction of sp³-hybridized carbons (Fsp3) is 0.241. The van der Waals surface area contributed by atoms with E-state index in [0.717, 1.165) is 41.2 Å². The third kappa shape index (κ3) is 5.85. The van der Waals surface area contributed by atoms with Gasteiger partial charge in [-0.05, 0) is 53.1 Å². The van der Waals surface area contributed by atoms with Crippen molar-refractivity contribution in [2.75, 3.05) is 38.2 Å². The number of benzene rings is 3. The van der Waals surface area contributed by atoms with Gasteiger partial charge in [0.05, 0.1) is 13.7 Å². The highest BCUT2D eigenvalue weighted by Crippen LogP contribution is 2.30. The number of rotatable bonds is 8. The number of amides is 1. The smallest absolute Gasteiger partial charge is 0.362 e. The Hall–Kier alpha value is -4.86. The zero-order chi connectivity index (χ0) is 27.4. The molecule has 10 heteroatoms. The summed E-state index contributed by atoms with van der Waals surface area (Å²) in [6, 6.07) is 23.1. The third-order valence-electron chi connectivity index (χ3n) is 6.72. The molecule has 0 aliphatic carbocycles. The molecular formula is C29H29N5O5. The number of hydrogen-bond donors (Lipinski definition) is 1. The Morgan fingerprint density at radius 3 is 2.23 bits per heavy atom. The minimum absolute atomic E-state index is 0.0535. The molecule has 0 bridgehead atoms. The lowest BCUT2D eigenvalue weighted by Gasteiger charge is -2.35. The average molecular weight is 528 g/mol. The van der Waals surface area contributed by atoms with Crippen molar-refractivity contribution in [1.82, 2.24) is 19.9 Å². The number of carbonyl (C=O) groups excluding carboxylic acids is 1. The highest BCUT2D eigenvalue weighted by molar-refractivity contribution is 5.87. The zero-order valence-corrected chi connectivity index (χ0v) is 21.8. The lowest BCUT2D eigenvalue weighted by Crippen LogP contribution is -2.48. The molecule has 3 aromatic carbocycles. The topological polar surface area (TPSA) is 110 Å². The molecule has 0 saturated carbocycles. The van der Waals surface area contributed by atoms with Gasteiger partial charge in [-0.25, -0.2) is 9.48 Å². The van der Waals surface area contributed by atoms with Crippen LogP contribution in [0.4, 0.5) is 5.69 Å². The number of carboxylic acids is 1. The summed E-state index contributed by atoms with van der Waals surface area (Å²) in [5.41, 5.74) is 3.78. The van der Waals surface area contributed by atoms with Crippen molar-refractivity contribution in [3.05, 3.63) is 84.1 Å². The van der Waals surface area contributed by atoms with E-state index in [9.17, 15) is 14.7 Å². The highest BCUT2D eigenvalue weighted by Gasteiger charge is 2.22. The van der Waals surface area contributed by atoms with Gasteiger partial charge in [0, 0.05) is 38.8 Å². The van der Waals surface area contributed by atoms with Crippen molar-refractivity contribution in [3.8, 4) is 28.5 Å². The predicted octanol–water partition coefficient (Wildman–Crippen LogP) is 4.16. The van der Waals surface area contributed by atoms with Crippen LogP contribution in [0, 0.1) is 0 Å². The van der Waals surface area contributed by atoms with Crippen molar-refractivity contribution in [3.63, 3.8) is 0 Å². The fourth-order valence-corrected chi connectivity index (χ4v) is 4.54. The average Bonchev–Trinajstić information content (AvgIpc) is 3.36. The molecule has 1 aliphatic rings. The molecule has 1 amide bonds. The van der Waals surface area contributed by atoms with Crippen LogP contribution in [0.5, 0.6) is 17.4 Å². The second kappa shape index (κ2) is 11.3. The Morgan fingerprint density at radius 1 is 0.897 bits per heavy atom. The van der Waals surface area contributed by atoms with Gasteiger partial charge in [-0.15, -0.1) is 5.10 Å². The van der Waals surface area contributed by atoms with Crippen molar-refractivity contribution >= 4 is 17.6 Å². The molecule has 200 valence electrons. The normalized spacial score (nSPS) is 13.3. The van der Waals surface area contributed by atoms with Crippen LogP contribution in [-0.2, 0) is 11.3 Å². The number of anilines is 1. The largest absolute Gasteiger partial charge is 0.497 e. The van der Waals surface area contributed by atoms with Crippen LogP contribution in [-0.4, -0.2) is 70.2 Å². The van der Waals surface area contributed by atoms with Crippen LogP contribution >= 0.6 is 0 Å². The van der Waals surface area contributed by atoms with Crippen LogP contribution in [0.2, 0.25) is 0 Å². The molecule has 1 aliphatic heterocycles. The van der Waals surface area contributed by atoms with Crippen LogP contribution in [0.3, 0.4) is 0 Å². The summed E-state index contributed by atoms with van der Waals surface area (Å²) < 4.78 is 12.6. The standard InChI is InChI=1S/C29H29N5O5/c1-20(35)32-14-16-33(17-15-32)24-5-3-4-23(18-24)22-8-12-26(13-9-22)39-28-27(29(36)37)30-31-34(28)19-21-6-10-25(38-2)11-7-21/h3-13,18H,14-17,19H2,1-2H3,(H,36,37). The van der Waals surface area contributed by atoms with Crippen molar-refractivity contribution in [2.45, 2.75) is 13.5 Å².